The monoisotopic (exact) mass is 236 g/mol. The van der Waals surface area contributed by atoms with Crippen LogP contribution < -0.4 is 0 Å². The van der Waals surface area contributed by atoms with Gasteiger partial charge >= 0.3 is 0 Å². The van der Waals surface area contributed by atoms with Gasteiger partial charge in [-0.2, -0.15) is 0 Å². The highest BCUT2D eigenvalue weighted by atomic mass is 35.7. The molecule has 0 N–H and O–H groups in total. The number of allylic oxidation sites excluding steroid dienone is 1. The fraction of sp³-hybridized carbons (Fsp3) is 0.800. The van der Waals surface area contributed by atoms with Crippen LogP contribution in [0.15, 0.2) is 12.7 Å². The molecule has 14 heavy (non-hydrogen) atoms. The minimum atomic E-state index is -3.33. The van der Waals surface area contributed by atoms with Crippen molar-refractivity contribution in [2.24, 2.45) is 0 Å². The Kier molecular flexibility index (Phi) is 4.02. The quantitative estimate of drug-likeness (QED) is 0.386. The van der Waals surface area contributed by atoms with E-state index in [0.29, 0.717) is 0 Å². The molecule has 0 unspecified atom stereocenters. The Balaban J connectivity index is 2.22. The predicted molar refractivity (Wildman–Crippen MR) is 60.0 cm³/mol. The highest BCUT2D eigenvalue weighted by molar-refractivity contribution is 8.15. The summed E-state index contributed by atoms with van der Waals surface area (Å²) in [5.74, 6) is 0. The number of rotatable bonds is 7. The molecular weight excluding hydrogens is 220 g/mol. The SMILES string of the molecule is C=CCCCCCC1(S(=O)(=O)Cl)CC1. The maximum Gasteiger partial charge on any atom is 0.238 e. The van der Waals surface area contributed by atoms with Gasteiger partial charge in [-0.3, -0.25) is 0 Å². The van der Waals surface area contributed by atoms with E-state index in [-0.39, 0.29) is 0 Å². The second kappa shape index (κ2) is 4.67. The summed E-state index contributed by atoms with van der Waals surface area (Å²) >= 11 is 0. The van der Waals surface area contributed by atoms with Crippen LogP contribution in [0.5, 0.6) is 0 Å². The molecule has 0 aromatic carbocycles. The number of hydrogen-bond acceptors (Lipinski definition) is 2. The lowest BCUT2D eigenvalue weighted by Crippen LogP contribution is -2.17. The molecule has 1 rings (SSSR count). The van der Waals surface area contributed by atoms with Gasteiger partial charge < -0.3 is 0 Å². The maximum atomic E-state index is 11.2. The minimum Gasteiger partial charge on any atom is -0.212 e. The van der Waals surface area contributed by atoms with E-state index in [1.165, 1.54) is 0 Å². The van der Waals surface area contributed by atoms with Gasteiger partial charge in [-0.25, -0.2) is 8.42 Å². The largest absolute Gasteiger partial charge is 0.238 e. The lowest BCUT2D eigenvalue weighted by Gasteiger charge is -2.09. The third-order valence-electron chi connectivity index (χ3n) is 2.87. The van der Waals surface area contributed by atoms with E-state index >= 15 is 0 Å². The molecule has 0 heterocycles. The molecule has 0 aliphatic heterocycles. The van der Waals surface area contributed by atoms with Crippen LogP contribution in [0.2, 0.25) is 0 Å². The Bertz CT molecular complexity index is 291. The van der Waals surface area contributed by atoms with E-state index in [1.807, 2.05) is 6.08 Å². The molecule has 0 radical (unpaired) electrons. The number of unbranched alkanes of at least 4 members (excludes halogenated alkanes) is 3. The van der Waals surface area contributed by atoms with Gasteiger partial charge in [0.1, 0.15) is 0 Å². The van der Waals surface area contributed by atoms with Gasteiger partial charge in [0.15, 0.2) is 0 Å². The van der Waals surface area contributed by atoms with Crippen molar-refractivity contribution in [2.45, 2.75) is 49.7 Å². The lowest BCUT2D eigenvalue weighted by atomic mass is 10.1. The summed E-state index contributed by atoms with van der Waals surface area (Å²) < 4.78 is 21.8. The molecule has 1 fully saturated rings. The topological polar surface area (TPSA) is 34.1 Å². The Labute approximate surface area is 90.8 Å². The van der Waals surface area contributed by atoms with Crippen LogP contribution in [0.3, 0.4) is 0 Å². The second-order valence-corrected chi connectivity index (χ2v) is 6.97. The van der Waals surface area contributed by atoms with Crippen molar-refractivity contribution >= 4 is 19.7 Å². The molecule has 0 bridgehead atoms. The zero-order chi connectivity index (χ0) is 10.7. The lowest BCUT2D eigenvalue weighted by molar-refractivity contribution is 0.564. The molecule has 0 saturated heterocycles. The Morgan fingerprint density at radius 2 is 1.93 bits per heavy atom. The van der Waals surface area contributed by atoms with Crippen LogP contribution >= 0.6 is 10.7 Å². The Morgan fingerprint density at radius 1 is 1.29 bits per heavy atom. The van der Waals surface area contributed by atoms with Gasteiger partial charge in [0.05, 0.1) is 4.75 Å². The first kappa shape index (κ1) is 12.1. The molecule has 0 amide bonds. The van der Waals surface area contributed by atoms with Crippen molar-refractivity contribution in [3.63, 3.8) is 0 Å². The summed E-state index contributed by atoms with van der Waals surface area (Å²) in [6, 6.07) is 0. The molecule has 0 aromatic rings. The zero-order valence-electron chi connectivity index (χ0n) is 8.34. The number of halogens is 1. The van der Waals surface area contributed by atoms with Crippen molar-refractivity contribution in [1.82, 2.24) is 0 Å². The molecule has 1 saturated carbocycles. The third kappa shape index (κ3) is 2.99. The first-order valence-electron chi connectivity index (χ1n) is 5.07. The van der Waals surface area contributed by atoms with Crippen molar-refractivity contribution in [3.05, 3.63) is 12.7 Å². The molecule has 0 aromatic heterocycles. The van der Waals surface area contributed by atoms with Crippen molar-refractivity contribution < 1.29 is 8.42 Å². The van der Waals surface area contributed by atoms with Crippen LogP contribution in [0.25, 0.3) is 0 Å². The molecular formula is C10H17ClO2S. The molecule has 1 aliphatic carbocycles. The van der Waals surface area contributed by atoms with Crippen molar-refractivity contribution in [2.75, 3.05) is 0 Å². The van der Waals surface area contributed by atoms with Crippen LogP contribution in [-0.4, -0.2) is 13.2 Å². The summed E-state index contributed by atoms with van der Waals surface area (Å²) in [6.07, 6.45) is 8.27. The fourth-order valence-corrected chi connectivity index (χ4v) is 3.34. The highest BCUT2D eigenvalue weighted by Crippen LogP contribution is 2.49. The molecule has 4 heteroatoms. The van der Waals surface area contributed by atoms with E-state index in [1.54, 1.807) is 0 Å². The predicted octanol–water partition coefficient (Wildman–Crippen LogP) is 3.22. The first-order valence-corrected chi connectivity index (χ1v) is 7.38. The van der Waals surface area contributed by atoms with Crippen molar-refractivity contribution in [3.8, 4) is 0 Å². The number of hydrogen-bond donors (Lipinski definition) is 0. The summed E-state index contributed by atoms with van der Waals surface area (Å²) in [5.41, 5.74) is 0. The van der Waals surface area contributed by atoms with E-state index in [9.17, 15) is 8.42 Å². The average molecular weight is 237 g/mol. The van der Waals surface area contributed by atoms with Gasteiger partial charge in [-0.05, 0) is 32.1 Å². The molecule has 2 nitrogen and oxygen atoms in total. The average Bonchev–Trinajstić information content (AvgIpc) is 2.84. The van der Waals surface area contributed by atoms with E-state index in [0.717, 1.165) is 44.9 Å². The summed E-state index contributed by atoms with van der Waals surface area (Å²) in [6.45, 7) is 3.64. The normalized spacial score (nSPS) is 19.2. The van der Waals surface area contributed by atoms with E-state index < -0.39 is 13.8 Å². The summed E-state index contributed by atoms with van der Waals surface area (Å²) in [7, 11) is 2.05. The molecule has 1 aliphatic rings. The Morgan fingerprint density at radius 3 is 2.36 bits per heavy atom. The van der Waals surface area contributed by atoms with Gasteiger partial charge in [0, 0.05) is 10.7 Å². The van der Waals surface area contributed by atoms with Gasteiger partial charge in [0.25, 0.3) is 0 Å². The highest BCUT2D eigenvalue weighted by Gasteiger charge is 2.52. The second-order valence-electron chi connectivity index (χ2n) is 4.01. The maximum absolute atomic E-state index is 11.2. The van der Waals surface area contributed by atoms with Crippen molar-refractivity contribution in [1.29, 1.82) is 0 Å². The van der Waals surface area contributed by atoms with Crippen LogP contribution in [0.4, 0.5) is 0 Å². The molecule has 82 valence electrons. The van der Waals surface area contributed by atoms with Crippen LogP contribution in [0.1, 0.15) is 44.9 Å². The van der Waals surface area contributed by atoms with Crippen LogP contribution in [-0.2, 0) is 9.05 Å². The van der Waals surface area contributed by atoms with Gasteiger partial charge in [-0.15, -0.1) is 6.58 Å². The van der Waals surface area contributed by atoms with Crippen LogP contribution in [0, 0.1) is 0 Å². The minimum absolute atomic E-state index is 0.553. The van der Waals surface area contributed by atoms with Gasteiger partial charge in [0.2, 0.25) is 9.05 Å². The fourth-order valence-electron chi connectivity index (χ4n) is 1.67. The smallest absolute Gasteiger partial charge is 0.212 e. The third-order valence-corrected chi connectivity index (χ3v) is 5.49. The van der Waals surface area contributed by atoms with E-state index in [2.05, 4.69) is 6.58 Å². The molecule has 0 atom stereocenters. The van der Waals surface area contributed by atoms with Gasteiger partial charge in [-0.1, -0.05) is 18.9 Å². The summed E-state index contributed by atoms with van der Waals surface area (Å²) in [5, 5.41) is 0. The standard InChI is InChI=1S/C10H17ClO2S/c1-2-3-4-5-6-7-10(8-9-10)14(11,12)13/h2H,1,3-9H2. The first-order chi connectivity index (χ1) is 6.52. The Hall–Kier alpha value is -0.0200. The zero-order valence-corrected chi connectivity index (χ0v) is 9.91. The van der Waals surface area contributed by atoms with E-state index in [4.69, 9.17) is 10.7 Å². The summed E-state index contributed by atoms with van der Waals surface area (Å²) in [4.78, 5) is 0. The molecule has 0 spiro atoms.